The quantitative estimate of drug-likeness (QED) is 0.684. The molecule has 0 aromatic heterocycles. The summed E-state index contributed by atoms with van der Waals surface area (Å²) in [4.78, 5) is 11.1. The van der Waals surface area contributed by atoms with Crippen molar-refractivity contribution >= 4 is 5.91 Å². The summed E-state index contributed by atoms with van der Waals surface area (Å²) in [5.74, 6) is -3.29. The Morgan fingerprint density at radius 2 is 2.15 bits per heavy atom. The van der Waals surface area contributed by atoms with Crippen LogP contribution < -0.4 is 11.1 Å². The lowest BCUT2D eigenvalue weighted by Gasteiger charge is -2.31. The standard InChI is InChI=1S/C8H14F2N2O/c1-8(9,10)4-12-7(13)5-2-6(11)3-5/h5-6H,2-4,11H2,1H3,(H,12,13). The number of carbonyl (C=O) groups is 1. The van der Waals surface area contributed by atoms with E-state index in [1.54, 1.807) is 0 Å². The van der Waals surface area contributed by atoms with Crippen molar-refractivity contribution in [3.8, 4) is 0 Å². The normalized spacial score (nSPS) is 28.0. The number of alkyl halides is 2. The van der Waals surface area contributed by atoms with E-state index < -0.39 is 12.5 Å². The smallest absolute Gasteiger partial charge is 0.262 e. The summed E-state index contributed by atoms with van der Waals surface area (Å²) in [6.45, 7) is 0.192. The van der Waals surface area contributed by atoms with Crippen LogP contribution in [-0.2, 0) is 4.79 Å². The number of rotatable bonds is 3. The number of carbonyl (C=O) groups excluding carboxylic acids is 1. The van der Waals surface area contributed by atoms with Crippen molar-refractivity contribution in [2.45, 2.75) is 31.7 Å². The van der Waals surface area contributed by atoms with E-state index in [4.69, 9.17) is 5.73 Å². The van der Waals surface area contributed by atoms with Gasteiger partial charge in [-0.3, -0.25) is 4.79 Å². The zero-order valence-electron chi connectivity index (χ0n) is 7.52. The summed E-state index contributed by atoms with van der Waals surface area (Å²) < 4.78 is 24.6. The van der Waals surface area contributed by atoms with Gasteiger partial charge in [0.25, 0.3) is 5.92 Å². The Bertz CT molecular complexity index is 197. The van der Waals surface area contributed by atoms with Gasteiger partial charge in [0.1, 0.15) is 0 Å². The predicted octanol–water partition coefficient (Wildman–Crippen LogP) is 0.495. The molecule has 0 atom stereocenters. The van der Waals surface area contributed by atoms with Gasteiger partial charge < -0.3 is 11.1 Å². The van der Waals surface area contributed by atoms with Crippen molar-refractivity contribution in [3.05, 3.63) is 0 Å². The van der Waals surface area contributed by atoms with Gasteiger partial charge in [-0.15, -0.1) is 0 Å². The van der Waals surface area contributed by atoms with E-state index in [-0.39, 0.29) is 17.9 Å². The SMILES string of the molecule is CC(F)(F)CNC(=O)C1CC(N)C1. The Hall–Kier alpha value is -0.710. The van der Waals surface area contributed by atoms with Crippen LogP contribution in [0.15, 0.2) is 0 Å². The molecule has 0 spiro atoms. The lowest BCUT2D eigenvalue weighted by molar-refractivity contribution is -0.129. The highest BCUT2D eigenvalue weighted by atomic mass is 19.3. The summed E-state index contributed by atoms with van der Waals surface area (Å²) in [6, 6.07) is 0.0675. The molecule has 0 unspecified atom stereocenters. The molecule has 3 nitrogen and oxygen atoms in total. The molecular weight excluding hydrogens is 178 g/mol. The molecule has 5 heteroatoms. The number of hydrogen-bond acceptors (Lipinski definition) is 2. The van der Waals surface area contributed by atoms with Crippen molar-refractivity contribution < 1.29 is 13.6 Å². The molecule has 0 aliphatic heterocycles. The molecule has 0 aromatic carbocycles. The molecular formula is C8H14F2N2O. The van der Waals surface area contributed by atoms with Gasteiger partial charge in [0.15, 0.2) is 0 Å². The van der Waals surface area contributed by atoms with Crippen molar-refractivity contribution in [1.29, 1.82) is 0 Å². The van der Waals surface area contributed by atoms with Gasteiger partial charge in [0, 0.05) is 18.9 Å². The average Bonchev–Trinajstić information content (AvgIpc) is 1.93. The van der Waals surface area contributed by atoms with Crippen LogP contribution in [0.2, 0.25) is 0 Å². The molecule has 1 aliphatic rings. The molecule has 0 saturated heterocycles. The first-order valence-corrected chi connectivity index (χ1v) is 4.29. The van der Waals surface area contributed by atoms with Gasteiger partial charge in [0.2, 0.25) is 5.91 Å². The van der Waals surface area contributed by atoms with Crippen LogP contribution in [0, 0.1) is 5.92 Å². The minimum atomic E-state index is -2.83. The van der Waals surface area contributed by atoms with Crippen LogP contribution >= 0.6 is 0 Å². The van der Waals surface area contributed by atoms with Gasteiger partial charge in [-0.05, 0) is 12.8 Å². The molecule has 1 rings (SSSR count). The summed E-state index contributed by atoms with van der Waals surface area (Å²) in [5, 5.41) is 2.20. The third kappa shape index (κ3) is 3.26. The number of hydrogen-bond donors (Lipinski definition) is 2. The third-order valence-electron chi connectivity index (χ3n) is 2.12. The summed E-state index contributed by atoms with van der Waals surface area (Å²) in [5.41, 5.74) is 5.46. The van der Waals surface area contributed by atoms with E-state index in [1.807, 2.05) is 0 Å². The van der Waals surface area contributed by atoms with Crippen LogP contribution in [0.3, 0.4) is 0 Å². The fraction of sp³-hybridized carbons (Fsp3) is 0.875. The Labute approximate surface area is 75.7 Å². The van der Waals surface area contributed by atoms with E-state index in [0.717, 1.165) is 6.92 Å². The zero-order valence-corrected chi connectivity index (χ0v) is 7.52. The van der Waals surface area contributed by atoms with Crippen LogP contribution in [-0.4, -0.2) is 24.4 Å². The van der Waals surface area contributed by atoms with Gasteiger partial charge in [-0.2, -0.15) is 0 Å². The molecule has 0 heterocycles. The average molecular weight is 192 g/mol. The number of nitrogens with one attached hydrogen (secondary N) is 1. The van der Waals surface area contributed by atoms with Crippen LogP contribution in [0.1, 0.15) is 19.8 Å². The maximum Gasteiger partial charge on any atom is 0.262 e. The summed E-state index contributed by atoms with van der Waals surface area (Å²) in [6.07, 6.45) is 1.22. The second-order valence-electron chi connectivity index (χ2n) is 3.72. The van der Waals surface area contributed by atoms with Crippen molar-refractivity contribution in [2.75, 3.05) is 6.54 Å². The van der Waals surface area contributed by atoms with E-state index in [1.165, 1.54) is 0 Å². The maximum atomic E-state index is 12.3. The molecule has 0 aromatic rings. The van der Waals surface area contributed by atoms with E-state index in [2.05, 4.69) is 5.32 Å². The molecule has 1 saturated carbocycles. The van der Waals surface area contributed by atoms with E-state index >= 15 is 0 Å². The minimum absolute atomic E-state index is 0.0675. The molecule has 1 aliphatic carbocycles. The Balaban J connectivity index is 2.19. The second-order valence-corrected chi connectivity index (χ2v) is 3.72. The highest BCUT2D eigenvalue weighted by Gasteiger charge is 2.33. The number of halogens is 2. The highest BCUT2D eigenvalue weighted by molar-refractivity contribution is 5.79. The lowest BCUT2D eigenvalue weighted by Crippen LogP contribution is -2.47. The van der Waals surface area contributed by atoms with Crippen LogP contribution in [0.5, 0.6) is 0 Å². The summed E-state index contributed by atoms with van der Waals surface area (Å²) >= 11 is 0. The van der Waals surface area contributed by atoms with Gasteiger partial charge in [-0.25, -0.2) is 8.78 Å². The van der Waals surface area contributed by atoms with Crippen molar-refractivity contribution in [1.82, 2.24) is 5.32 Å². The fourth-order valence-corrected chi connectivity index (χ4v) is 1.26. The van der Waals surface area contributed by atoms with E-state index in [9.17, 15) is 13.6 Å². The lowest BCUT2D eigenvalue weighted by atomic mass is 9.80. The Kier molecular flexibility index (Phi) is 2.85. The highest BCUT2D eigenvalue weighted by Crippen LogP contribution is 2.25. The molecule has 13 heavy (non-hydrogen) atoms. The first-order chi connectivity index (χ1) is 5.88. The molecule has 76 valence electrons. The second kappa shape index (κ2) is 3.57. The first kappa shape index (κ1) is 10.4. The largest absolute Gasteiger partial charge is 0.350 e. The van der Waals surface area contributed by atoms with Crippen LogP contribution in [0.4, 0.5) is 8.78 Å². The predicted molar refractivity (Wildman–Crippen MR) is 44.3 cm³/mol. The van der Waals surface area contributed by atoms with Gasteiger partial charge in [-0.1, -0.05) is 0 Å². The third-order valence-corrected chi connectivity index (χ3v) is 2.12. The molecule has 1 amide bonds. The van der Waals surface area contributed by atoms with E-state index in [0.29, 0.717) is 12.8 Å². The molecule has 3 N–H and O–H groups in total. The van der Waals surface area contributed by atoms with Gasteiger partial charge >= 0.3 is 0 Å². The number of amides is 1. The molecule has 1 fully saturated rings. The monoisotopic (exact) mass is 192 g/mol. The first-order valence-electron chi connectivity index (χ1n) is 4.29. The zero-order chi connectivity index (χ0) is 10.1. The van der Waals surface area contributed by atoms with Crippen molar-refractivity contribution in [3.63, 3.8) is 0 Å². The van der Waals surface area contributed by atoms with Gasteiger partial charge in [0.05, 0.1) is 6.54 Å². The maximum absolute atomic E-state index is 12.3. The van der Waals surface area contributed by atoms with Crippen molar-refractivity contribution in [2.24, 2.45) is 11.7 Å². The number of nitrogens with two attached hydrogens (primary N) is 1. The molecule has 0 radical (unpaired) electrons. The Morgan fingerprint density at radius 1 is 1.62 bits per heavy atom. The topological polar surface area (TPSA) is 55.1 Å². The summed E-state index contributed by atoms with van der Waals surface area (Å²) in [7, 11) is 0. The minimum Gasteiger partial charge on any atom is -0.350 e. The van der Waals surface area contributed by atoms with Crippen LogP contribution in [0.25, 0.3) is 0 Å². The molecule has 0 bridgehead atoms. The Morgan fingerprint density at radius 3 is 2.54 bits per heavy atom. The fourth-order valence-electron chi connectivity index (χ4n) is 1.26.